The predicted octanol–water partition coefficient (Wildman–Crippen LogP) is 6.05. The van der Waals surface area contributed by atoms with Crippen molar-refractivity contribution in [1.29, 1.82) is 0 Å². The largest absolute Gasteiger partial charge is 0.508 e. The predicted molar refractivity (Wildman–Crippen MR) is 112 cm³/mol. The number of halogens is 1. The molecule has 2 N–H and O–H groups in total. The number of nitrogens with zero attached hydrogens (tertiary/aromatic N) is 1. The maximum absolute atomic E-state index is 9.99. The molecule has 0 atom stereocenters. The molecule has 1 heterocycles. The van der Waals surface area contributed by atoms with Crippen LogP contribution in [0.1, 0.15) is 11.1 Å². The van der Waals surface area contributed by atoms with Crippen LogP contribution in [0.25, 0.3) is 33.6 Å². The Morgan fingerprint density at radius 1 is 0.750 bits per heavy atom. The molecule has 0 radical (unpaired) electrons. The highest BCUT2D eigenvalue weighted by atomic mass is 35.5. The van der Waals surface area contributed by atoms with Gasteiger partial charge in [-0.1, -0.05) is 41.9 Å². The summed E-state index contributed by atoms with van der Waals surface area (Å²) in [5.41, 5.74) is 7.70. The molecule has 0 unspecified atom stereocenters. The van der Waals surface area contributed by atoms with Gasteiger partial charge in [0.15, 0.2) is 0 Å². The summed E-state index contributed by atoms with van der Waals surface area (Å²) in [5.74, 6) is 0.445. The van der Waals surface area contributed by atoms with Gasteiger partial charge in [0.2, 0.25) is 0 Å². The van der Waals surface area contributed by atoms with Crippen LogP contribution >= 0.6 is 11.6 Å². The van der Waals surface area contributed by atoms with Gasteiger partial charge in [0.1, 0.15) is 11.5 Å². The van der Waals surface area contributed by atoms with Crippen molar-refractivity contribution in [1.82, 2.24) is 4.98 Å². The van der Waals surface area contributed by atoms with Gasteiger partial charge in [-0.25, -0.2) is 4.98 Å². The third-order valence-electron chi connectivity index (χ3n) is 5.12. The van der Waals surface area contributed by atoms with E-state index in [1.54, 1.807) is 24.3 Å². The van der Waals surface area contributed by atoms with Crippen molar-refractivity contribution in [2.45, 2.75) is 6.42 Å². The number of phenolic OH excluding ortho intramolecular Hbond substituents is 2. The van der Waals surface area contributed by atoms with E-state index in [2.05, 4.69) is 0 Å². The molecule has 28 heavy (non-hydrogen) atoms. The summed E-state index contributed by atoms with van der Waals surface area (Å²) in [7, 11) is 0. The second kappa shape index (κ2) is 6.39. The van der Waals surface area contributed by atoms with Gasteiger partial charge in [0, 0.05) is 22.6 Å². The van der Waals surface area contributed by atoms with Gasteiger partial charge in [-0.05, 0) is 64.7 Å². The van der Waals surface area contributed by atoms with Crippen LogP contribution < -0.4 is 0 Å². The fourth-order valence-electron chi connectivity index (χ4n) is 3.83. The lowest BCUT2D eigenvalue weighted by atomic mass is 9.96. The molecule has 3 nitrogen and oxygen atoms in total. The number of pyridine rings is 1. The molecular weight excluding hydrogens is 370 g/mol. The highest BCUT2D eigenvalue weighted by Crippen LogP contribution is 2.43. The average Bonchev–Trinajstić information content (AvgIpc) is 3.05. The lowest BCUT2D eigenvalue weighted by Gasteiger charge is -2.13. The smallest absolute Gasteiger partial charge is 0.116 e. The highest BCUT2D eigenvalue weighted by molar-refractivity contribution is 6.30. The first kappa shape index (κ1) is 16.8. The van der Waals surface area contributed by atoms with Crippen LogP contribution in [0.15, 0.2) is 72.8 Å². The van der Waals surface area contributed by atoms with E-state index in [9.17, 15) is 10.2 Å². The summed E-state index contributed by atoms with van der Waals surface area (Å²) in [6, 6.07) is 22.3. The zero-order valence-corrected chi connectivity index (χ0v) is 15.6. The van der Waals surface area contributed by atoms with Crippen molar-refractivity contribution >= 4 is 11.6 Å². The lowest BCUT2D eigenvalue weighted by molar-refractivity contribution is 0.475. The zero-order valence-electron chi connectivity index (χ0n) is 14.9. The minimum atomic E-state index is 0.223. The van der Waals surface area contributed by atoms with Crippen LogP contribution in [0.5, 0.6) is 11.5 Å². The van der Waals surface area contributed by atoms with Crippen LogP contribution in [0.4, 0.5) is 0 Å². The van der Waals surface area contributed by atoms with E-state index in [1.165, 1.54) is 0 Å². The number of rotatable bonds is 2. The highest BCUT2D eigenvalue weighted by Gasteiger charge is 2.25. The molecule has 0 amide bonds. The Bertz CT molecular complexity index is 1230. The second-order valence-electron chi connectivity index (χ2n) is 6.96. The molecule has 1 aromatic heterocycles. The average molecular weight is 386 g/mol. The molecule has 1 aliphatic carbocycles. The fourth-order valence-corrected chi connectivity index (χ4v) is 4.02. The molecule has 0 aliphatic heterocycles. The van der Waals surface area contributed by atoms with Gasteiger partial charge in [-0.15, -0.1) is 0 Å². The van der Waals surface area contributed by atoms with Gasteiger partial charge in [0.25, 0.3) is 0 Å². The van der Waals surface area contributed by atoms with E-state index in [0.29, 0.717) is 5.02 Å². The molecule has 4 heteroatoms. The van der Waals surface area contributed by atoms with Crippen molar-refractivity contribution in [2.75, 3.05) is 0 Å². The Morgan fingerprint density at radius 3 is 2.36 bits per heavy atom. The number of hydrogen-bond acceptors (Lipinski definition) is 3. The topological polar surface area (TPSA) is 53.4 Å². The number of aromatic nitrogens is 1. The SMILES string of the molecule is Oc1cccc(-c2cc(-c3cccc(Cl)c3)nc3c2Cc2ccc(O)cc2-3)c1. The quantitative estimate of drug-likeness (QED) is 0.389. The van der Waals surface area contributed by atoms with Crippen molar-refractivity contribution in [3.05, 3.63) is 88.9 Å². The maximum Gasteiger partial charge on any atom is 0.116 e. The molecule has 4 aromatic rings. The molecule has 0 spiro atoms. The Kier molecular flexibility index (Phi) is 3.85. The summed E-state index contributed by atoms with van der Waals surface area (Å²) in [4.78, 5) is 4.92. The molecule has 5 rings (SSSR count). The number of aromatic hydroxyl groups is 2. The Morgan fingerprint density at radius 2 is 1.54 bits per heavy atom. The zero-order chi connectivity index (χ0) is 19.3. The third-order valence-corrected chi connectivity index (χ3v) is 5.35. The summed E-state index contributed by atoms with van der Waals surface area (Å²) in [6.45, 7) is 0. The first-order valence-corrected chi connectivity index (χ1v) is 9.38. The van der Waals surface area contributed by atoms with Crippen molar-refractivity contribution in [3.8, 4) is 45.1 Å². The van der Waals surface area contributed by atoms with E-state index in [4.69, 9.17) is 16.6 Å². The Balaban J connectivity index is 1.80. The van der Waals surface area contributed by atoms with Crippen LogP contribution in [-0.2, 0) is 6.42 Å². The molecular formula is C24H16ClNO2. The van der Waals surface area contributed by atoms with Gasteiger partial charge in [0.05, 0.1) is 11.4 Å². The second-order valence-corrected chi connectivity index (χ2v) is 7.40. The van der Waals surface area contributed by atoms with Crippen molar-refractivity contribution in [3.63, 3.8) is 0 Å². The summed E-state index contributed by atoms with van der Waals surface area (Å²) < 4.78 is 0. The first-order valence-electron chi connectivity index (χ1n) is 9.00. The van der Waals surface area contributed by atoms with E-state index in [1.807, 2.05) is 48.5 Å². The standard InChI is InChI=1S/C24H16ClNO2/c25-17-5-1-4-16(9-17)23-13-20(14-3-2-6-18(27)10-14)22-11-15-7-8-19(28)12-21(15)24(22)26-23/h1-10,12-13,27-28H,11H2. The van der Waals surface area contributed by atoms with Gasteiger partial charge >= 0.3 is 0 Å². The minimum Gasteiger partial charge on any atom is -0.508 e. The molecule has 1 aliphatic rings. The summed E-state index contributed by atoms with van der Waals surface area (Å²) >= 11 is 6.20. The van der Waals surface area contributed by atoms with Crippen LogP contribution in [0, 0.1) is 0 Å². The summed E-state index contributed by atoms with van der Waals surface area (Å²) in [6.07, 6.45) is 0.735. The Hall–Kier alpha value is -3.30. The first-order chi connectivity index (χ1) is 13.6. The number of phenols is 2. The number of fused-ring (bicyclic) bond motifs is 3. The van der Waals surface area contributed by atoms with Crippen molar-refractivity contribution < 1.29 is 10.2 Å². The molecule has 0 fully saturated rings. The van der Waals surface area contributed by atoms with Crippen LogP contribution in [-0.4, -0.2) is 15.2 Å². The van der Waals surface area contributed by atoms with E-state index in [0.717, 1.165) is 51.2 Å². The molecule has 0 saturated heterocycles. The molecule has 136 valence electrons. The van der Waals surface area contributed by atoms with Crippen LogP contribution in [0.3, 0.4) is 0 Å². The monoisotopic (exact) mass is 385 g/mol. The minimum absolute atomic E-state index is 0.223. The van der Waals surface area contributed by atoms with Gasteiger partial charge in [-0.2, -0.15) is 0 Å². The molecule has 0 saturated carbocycles. The van der Waals surface area contributed by atoms with Crippen molar-refractivity contribution in [2.24, 2.45) is 0 Å². The summed E-state index contributed by atoms with van der Waals surface area (Å²) in [5, 5.41) is 20.6. The van der Waals surface area contributed by atoms with Gasteiger partial charge < -0.3 is 10.2 Å². The van der Waals surface area contributed by atoms with E-state index >= 15 is 0 Å². The Labute approximate surface area is 167 Å². The normalized spacial score (nSPS) is 11.9. The third kappa shape index (κ3) is 2.81. The maximum atomic E-state index is 9.99. The van der Waals surface area contributed by atoms with E-state index in [-0.39, 0.29) is 11.5 Å². The number of benzene rings is 3. The molecule has 0 bridgehead atoms. The fraction of sp³-hybridized carbons (Fsp3) is 0.0417. The number of hydrogen-bond donors (Lipinski definition) is 2. The molecule has 3 aromatic carbocycles. The van der Waals surface area contributed by atoms with Gasteiger partial charge in [-0.3, -0.25) is 0 Å². The lowest BCUT2D eigenvalue weighted by Crippen LogP contribution is -1.94. The van der Waals surface area contributed by atoms with E-state index < -0.39 is 0 Å². The van der Waals surface area contributed by atoms with Crippen LogP contribution in [0.2, 0.25) is 5.02 Å².